The number of thiophene rings is 1. The Bertz CT molecular complexity index is 560. The number of methoxy groups -OCH3 is 1. The van der Waals surface area contributed by atoms with E-state index in [1.165, 1.54) is 30.6 Å². The Morgan fingerprint density at radius 2 is 2.25 bits per heavy atom. The van der Waals surface area contributed by atoms with Crippen LogP contribution in [0.3, 0.4) is 0 Å². The monoisotopic (exact) mass is 294 g/mol. The summed E-state index contributed by atoms with van der Waals surface area (Å²) < 4.78 is 18.4. The molecular weight excluding hydrogens is 279 g/mol. The number of rotatable bonds is 5. The van der Waals surface area contributed by atoms with Crippen molar-refractivity contribution in [3.63, 3.8) is 0 Å². The second-order valence-corrected chi connectivity index (χ2v) is 5.04. The number of amides is 2. The molecule has 6 heteroatoms. The maximum absolute atomic E-state index is 13.2. The summed E-state index contributed by atoms with van der Waals surface area (Å²) in [4.78, 5) is 11.7. The average Bonchev–Trinajstić information content (AvgIpc) is 2.92. The zero-order chi connectivity index (χ0) is 14.4. The maximum atomic E-state index is 13.2. The van der Waals surface area contributed by atoms with Crippen molar-refractivity contribution in [3.05, 3.63) is 53.2 Å². The lowest BCUT2D eigenvalue weighted by Gasteiger charge is -2.16. The van der Waals surface area contributed by atoms with E-state index < -0.39 is 0 Å². The van der Waals surface area contributed by atoms with Gasteiger partial charge in [0.25, 0.3) is 0 Å². The Morgan fingerprint density at radius 3 is 2.90 bits per heavy atom. The van der Waals surface area contributed by atoms with Gasteiger partial charge in [-0.05, 0) is 35.2 Å². The zero-order valence-electron chi connectivity index (χ0n) is 10.9. The molecule has 0 saturated heterocycles. The number of hydrogen-bond acceptors (Lipinski definition) is 3. The van der Waals surface area contributed by atoms with Crippen molar-refractivity contribution in [3.8, 4) is 0 Å². The van der Waals surface area contributed by atoms with Crippen LogP contribution >= 0.6 is 11.3 Å². The standard InChI is InChI=1S/C14H15FN2O2S/c1-19-12(10-4-2-5-11(15)8-10)9-16-14(18)17-13-6-3-7-20-13/h2-8,12H,9H2,1H3,(H2,16,17,18). The summed E-state index contributed by atoms with van der Waals surface area (Å²) in [5.41, 5.74) is 0.684. The largest absolute Gasteiger partial charge is 0.375 e. The van der Waals surface area contributed by atoms with Crippen LogP contribution in [0.1, 0.15) is 11.7 Å². The normalized spacial score (nSPS) is 11.9. The number of urea groups is 1. The van der Waals surface area contributed by atoms with E-state index in [1.807, 2.05) is 17.5 Å². The third-order valence-electron chi connectivity index (χ3n) is 2.71. The Kier molecular flexibility index (Phi) is 5.09. The third kappa shape index (κ3) is 4.04. The van der Waals surface area contributed by atoms with Gasteiger partial charge >= 0.3 is 6.03 Å². The first-order chi connectivity index (χ1) is 9.69. The fourth-order valence-corrected chi connectivity index (χ4v) is 2.35. The van der Waals surface area contributed by atoms with Gasteiger partial charge < -0.3 is 10.1 Å². The molecule has 0 aliphatic rings. The lowest BCUT2D eigenvalue weighted by Crippen LogP contribution is -2.32. The summed E-state index contributed by atoms with van der Waals surface area (Å²) in [7, 11) is 1.52. The zero-order valence-corrected chi connectivity index (χ0v) is 11.7. The molecule has 106 valence electrons. The summed E-state index contributed by atoms with van der Waals surface area (Å²) in [5, 5.41) is 8.04. The molecule has 0 radical (unpaired) electrons. The summed E-state index contributed by atoms with van der Waals surface area (Å²) in [5.74, 6) is -0.326. The molecule has 2 N–H and O–H groups in total. The molecule has 2 aromatic rings. The third-order valence-corrected chi connectivity index (χ3v) is 3.50. The second-order valence-electron chi connectivity index (χ2n) is 4.09. The van der Waals surface area contributed by atoms with Crippen LogP contribution in [0.2, 0.25) is 0 Å². The molecule has 4 nitrogen and oxygen atoms in total. The molecule has 1 unspecified atom stereocenters. The average molecular weight is 294 g/mol. The molecule has 1 atom stereocenters. The highest BCUT2D eigenvalue weighted by Gasteiger charge is 2.12. The Labute approximate surface area is 120 Å². The lowest BCUT2D eigenvalue weighted by molar-refractivity contribution is 0.104. The molecule has 0 fully saturated rings. The molecule has 2 rings (SSSR count). The van der Waals surface area contributed by atoms with Crippen molar-refractivity contribution in [1.29, 1.82) is 0 Å². The van der Waals surface area contributed by atoms with E-state index in [1.54, 1.807) is 12.1 Å². The summed E-state index contributed by atoms with van der Waals surface area (Å²) in [6.07, 6.45) is -0.389. The maximum Gasteiger partial charge on any atom is 0.319 e. The van der Waals surface area contributed by atoms with Crippen molar-refractivity contribution in [2.24, 2.45) is 0 Å². The van der Waals surface area contributed by atoms with Gasteiger partial charge in [0.05, 0.1) is 11.1 Å². The van der Waals surface area contributed by atoms with Gasteiger partial charge in [-0.25, -0.2) is 9.18 Å². The van der Waals surface area contributed by atoms with E-state index in [0.29, 0.717) is 5.56 Å². The van der Waals surface area contributed by atoms with Crippen LogP contribution in [0.15, 0.2) is 41.8 Å². The number of benzene rings is 1. The highest BCUT2D eigenvalue weighted by Crippen LogP contribution is 2.17. The Morgan fingerprint density at radius 1 is 1.40 bits per heavy atom. The lowest BCUT2D eigenvalue weighted by atomic mass is 10.1. The van der Waals surface area contributed by atoms with Crippen LogP contribution < -0.4 is 10.6 Å². The molecule has 0 aliphatic heterocycles. The van der Waals surface area contributed by atoms with Gasteiger partial charge in [0.2, 0.25) is 0 Å². The molecule has 2 amide bonds. The van der Waals surface area contributed by atoms with Crippen molar-refractivity contribution in [1.82, 2.24) is 5.32 Å². The number of carbonyl (C=O) groups is 1. The van der Waals surface area contributed by atoms with E-state index >= 15 is 0 Å². The van der Waals surface area contributed by atoms with Crippen molar-refractivity contribution >= 4 is 22.4 Å². The number of ether oxygens (including phenoxy) is 1. The SMILES string of the molecule is COC(CNC(=O)Nc1cccs1)c1cccc(F)c1. The first-order valence-corrected chi connectivity index (χ1v) is 6.93. The fraction of sp³-hybridized carbons (Fsp3) is 0.214. The van der Waals surface area contributed by atoms with E-state index in [9.17, 15) is 9.18 Å². The molecule has 1 aromatic carbocycles. The summed E-state index contributed by atoms with van der Waals surface area (Å²) >= 11 is 1.44. The van der Waals surface area contributed by atoms with E-state index in [2.05, 4.69) is 10.6 Å². The Balaban J connectivity index is 1.89. The van der Waals surface area contributed by atoms with E-state index in [0.717, 1.165) is 5.00 Å². The predicted molar refractivity (Wildman–Crippen MR) is 77.5 cm³/mol. The van der Waals surface area contributed by atoms with Crippen molar-refractivity contribution < 1.29 is 13.9 Å². The van der Waals surface area contributed by atoms with Gasteiger partial charge in [0, 0.05) is 13.7 Å². The Hall–Kier alpha value is -1.92. The van der Waals surface area contributed by atoms with Crippen LogP contribution in [0, 0.1) is 5.82 Å². The van der Waals surface area contributed by atoms with E-state index in [4.69, 9.17) is 4.74 Å². The van der Waals surface area contributed by atoms with Gasteiger partial charge in [-0.15, -0.1) is 11.3 Å². The van der Waals surface area contributed by atoms with Crippen LogP contribution in [0.4, 0.5) is 14.2 Å². The summed E-state index contributed by atoms with van der Waals surface area (Å²) in [6, 6.07) is 9.49. The first kappa shape index (κ1) is 14.5. The molecular formula is C14H15FN2O2S. The van der Waals surface area contributed by atoms with Crippen LogP contribution in [-0.2, 0) is 4.74 Å². The van der Waals surface area contributed by atoms with Crippen molar-refractivity contribution in [2.75, 3.05) is 19.0 Å². The summed E-state index contributed by atoms with van der Waals surface area (Å²) in [6.45, 7) is 0.261. The van der Waals surface area contributed by atoms with Crippen molar-refractivity contribution in [2.45, 2.75) is 6.10 Å². The minimum absolute atomic E-state index is 0.261. The quantitative estimate of drug-likeness (QED) is 0.888. The molecule has 1 aromatic heterocycles. The highest BCUT2D eigenvalue weighted by molar-refractivity contribution is 7.14. The molecule has 0 spiro atoms. The number of carbonyl (C=O) groups excluding carboxylic acids is 1. The van der Waals surface area contributed by atoms with Gasteiger partial charge in [0.15, 0.2) is 0 Å². The molecule has 0 bridgehead atoms. The smallest absolute Gasteiger partial charge is 0.319 e. The second kappa shape index (κ2) is 7.02. The number of halogens is 1. The fourth-order valence-electron chi connectivity index (χ4n) is 1.74. The van der Waals surface area contributed by atoms with E-state index in [-0.39, 0.29) is 24.5 Å². The molecule has 0 aliphatic carbocycles. The number of hydrogen-bond donors (Lipinski definition) is 2. The number of anilines is 1. The van der Waals surface area contributed by atoms with Crippen LogP contribution in [0.5, 0.6) is 0 Å². The van der Waals surface area contributed by atoms with Gasteiger partial charge in [-0.3, -0.25) is 5.32 Å². The minimum atomic E-state index is -0.389. The highest BCUT2D eigenvalue weighted by atomic mass is 32.1. The van der Waals surface area contributed by atoms with Gasteiger partial charge in [0.1, 0.15) is 5.82 Å². The number of nitrogens with one attached hydrogen (secondary N) is 2. The molecule has 0 saturated carbocycles. The van der Waals surface area contributed by atoms with Gasteiger partial charge in [-0.1, -0.05) is 12.1 Å². The van der Waals surface area contributed by atoms with Crippen LogP contribution in [-0.4, -0.2) is 19.7 Å². The molecule has 20 heavy (non-hydrogen) atoms. The van der Waals surface area contributed by atoms with Crippen LogP contribution in [0.25, 0.3) is 0 Å². The minimum Gasteiger partial charge on any atom is -0.375 e. The van der Waals surface area contributed by atoms with Gasteiger partial charge in [-0.2, -0.15) is 0 Å². The predicted octanol–water partition coefficient (Wildman–Crippen LogP) is 3.40. The first-order valence-electron chi connectivity index (χ1n) is 6.05. The topological polar surface area (TPSA) is 50.4 Å². The molecule has 1 heterocycles.